The van der Waals surface area contributed by atoms with E-state index in [9.17, 15) is 0 Å². The number of rotatable bonds is 0. The van der Waals surface area contributed by atoms with Crippen molar-refractivity contribution in [1.82, 2.24) is 0 Å². The number of hydrogen-bond donors (Lipinski definition) is 0. The Morgan fingerprint density at radius 2 is 1.00 bits per heavy atom. The van der Waals surface area contributed by atoms with Crippen LogP contribution >= 0.6 is 0 Å². The van der Waals surface area contributed by atoms with E-state index in [-0.39, 0.29) is 51.4 Å². The van der Waals surface area contributed by atoms with Gasteiger partial charge in [0.1, 0.15) is 0 Å². The van der Waals surface area contributed by atoms with Crippen LogP contribution in [0.15, 0.2) is 0 Å². The Morgan fingerprint density at radius 3 is 1.00 bits per heavy atom. The van der Waals surface area contributed by atoms with Crippen molar-refractivity contribution < 1.29 is 30.2 Å². The van der Waals surface area contributed by atoms with Gasteiger partial charge in [-0.1, -0.05) is 0 Å². The molecule has 0 unspecified atom stereocenters. The van der Waals surface area contributed by atoms with Gasteiger partial charge in [0, 0.05) is 0 Å². The first-order valence-electron chi connectivity index (χ1n) is 0.129. The van der Waals surface area contributed by atoms with Crippen LogP contribution in [0.25, 0.3) is 0 Å². The summed E-state index contributed by atoms with van der Waals surface area (Å²) in [5, 5.41) is 0. The average Bonchev–Trinajstić information content (AvgIpc) is 1.00. The molecule has 6 heteroatoms. The molecule has 0 radical (unpaired) electrons. The molecule has 0 N–H and O–H groups in total. The molecular formula is AlMgNiO3+. The molecule has 0 aliphatic rings. The van der Waals surface area contributed by atoms with Crippen LogP contribution in [0.3, 0.4) is 0 Å². The molecule has 6 heavy (non-hydrogen) atoms. The monoisotopic (exact) mass is 157 g/mol. The molecule has 0 saturated heterocycles. The van der Waals surface area contributed by atoms with E-state index in [2.05, 4.69) is 15.4 Å². The van der Waals surface area contributed by atoms with Crippen molar-refractivity contribution in [2.24, 2.45) is 0 Å². The first kappa shape index (κ1) is 50.5. The first-order chi connectivity index (χ1) is 1.00. The van der Waals surface area contributed by atoms with Crippen LogP contribution in [-0.2, 0) is 30.2 Å². The Balaban J connectivity index is -0.000000000833. The van der Waals surface area contributed by atoms with E-state index in [4.69, 9.17) is 3.90 Å². The van der Waals surface area contributed by atoms with Crippen molar-refractivity contribution >= 4 is 40.4 Å². The van der Waals surface area contributed by atoms with E-state index in [0.29, 0.717) is 0 Å². The van der Waals surface area contributed by atoms with Gasteiger partial charge in [0.05, 0.1) is 0 Å². The predicted molar refractivity (Wildman–Crippen MR) is 13.6 cm³/mol. The summed E-state index contributed by atoms with van der Waals surface area (Å²) in [5.74, 6) is 0. The second kappa shape index (κ2) is 86.5. The van der Waals surface area contributed by atoms with Crippen molar-refractivity contribution in [1.29, 1.82) is 0 Å². The fourth-order valence-corrected chi connectivity index (χ4v) is 0. The van der Waals surface area contributed by atoms with Crippen LogP contribution in [0.5, 0.6) is 0 Å². The van der Waals surface area contributed by atoms with E-state index in [1.165, 1.54) is 0 Å². The summed E-state index contributed by atoms with van der Waals surface area (Å²) in [5.41, 5.74) is 0. The molecule has 0 aromatic rings. The molecule has 3 nitrogen and oxygen atoms in total. The van der Waals surface area contributed by atoms with Crippen molar-refractivity contribution in [2.45, 2.75) is 0 Å². The van der Waals surface area contributed by atoms with Crippen LogP contribution < -0.4 is 0 Å². The van der Waals surface area contributed by atoms with E-state index >= 15 is 0 Å². The first-order valence-corrected chi connectivity index (χ1v) is 0.532. The van der Waals surface area contributed by atoms with Crippen LogP contribution in [0.4, 0.5) is 0 Å². The molecule has 0 atom stereocenters. The molecule has 0 aliphatic heterocycles. The van der Waals surface area contributed by atoms with Crippen LogP contribution in [0.2, 0.25) is 0 Å². The van der Waals surface area contributed by atoms with Crippen LogP contribution in [-0.4, -0.2) is 40.4 Å². The van der Waals surface area contributed by atoms with Crippen LogP contribution in [0.1, 0.15) is 0 Å². The molecule has 0 fully saturated rings. The molecule has 0 aromatic heterocycles. The topological polar surface area (TPSA) is 74.1 Å². The van der Waals surface area contributed by atoms with Crippen molar-refractivity contribution in [2.75, 3.05) is 0 Å². The third-order valence-corrected chi connectivity index (χ3v) is 0. The maximum absolute atomic E-state index is 7.88. The van der Waals surface area contributed by atoms with E-state index in [1.807, 2.05) is 0 Å². The molecule has 0 aromatic carbocycles. The Hall–Kier alpha value is 1.51. The fourth-order valence-electron chi connectivity index (χ4n) is 0. The molecule has 0 saturated carbocycles. The summed E-state index contributed by atoms with van der Waals surface area (Å²) in [7, 11) is 0. The van der Waals surface area contributed by atoms with Gasteiger partial charge in [-0.05, 0) is 0 Å². The second-order valence-corrected chi connectivity index (χ2v) is 0. The van der Waals surface area contributed by atoms with Gasteiger partial charge in [0.15, 0.2) is 0 Å². The third-order valence-electron chi connectivity index (χ3n) is 0. The second-order valence-electron chi connectivity index (χ2n) is 0. The summed E-state index contributed by atoms with van der Waals surface area (Å²) < 4.78 is 7.88. The minimum atomic E-state index is 0. The summed E-state index contributed by atoms with van der Waals surface area (Å²) >= 11 is 2.62. The van der Waals surface area contributed by atoms with E-state index in [1.54, 1.807) is 0 Å². The predicted octanol–water partition coefficient (Wildman–Crippen LogP) is -1.12. The molecular weight excluding hydrogens is 158 g/mol. The van der Waals surface area contributed by atoms with E-state index in [0.717, 1.165) is 0 Å². The molecule has 0 aliphatic carbocycles. The van der Waals surface area contributed by atoms with Gasteiger partial charge in [-0.2, -0.15) is 0 Å². The van der Waals surface area contributed by atoms with Gasteiger partial charge >= 0.3 is 59.7 Å². The molecule has 0 spiro atoms. The number of hydrogen-bond acceptors (Lipinski definition) is 1. The van der Waals surface area contributed by atoms with Crippen molar-refractivity contribution in [3.05, 3.63) is 0 Å². The van der Waals surface area contributed by atoms with Crippen molar-refractivity contribution in [3.8, 4) is 0 Å². The summed E-state index contributed by atoms with van der Waals surface area (Å²) in [6.45, 7) is 0. The summed E-state index contributed by atoms with van der Waals surface area (Å²) in [4.78, 5) is 0. The summed E-state index contributed by atoms with van der Waals surface area (Å²) in [6, 6.07) is 0. The Bertz CT molecular complexity index is 10.8. The molecule has 0 amide bonds. The summed E-state index contributed by atoms with van der Waals surface area (Å²) in [6.07, 6.45) is 0. The van der Waals surface area contributed by atoms with Gasteiger partial charge in [-0.15, -0.1) is 0 Å². The van der Waals surface area contributed by atoms with Crippen molar-refractivity contribution in [3.63, 3.8) is 0 Å². The van der Waals surface area contributed by atoms with Crippen LogP contribution in [0, 0.1) is 0 Å². The maximum atomic E-state index is 7.88. The Kier molecular flexibility index (Phi) is 728. The minimum absolute atomic E-state index is 0. The average molecular weight is 158 g/mol. The zero-order valence-corrected chi connectivity index (χ0v) is 6.38. The Morgan fingerprint density at radius 1 is 1.00 bits per heavy atom. The molecule has 0 bridgehead atoms. The zero-order chi connectivity index (χ0) is 2.00. The fraction of sp³-hybridized carbons (Fsp3) is 0. The van der Waals surface area contributed by atoms with Gasteiger partial charge in [-0.3, -0.25) is 0 Å². The SMILES string of the molecule is [Al+3].[Mg+2].[O-2].[O-2].[O]=[Ni]. The van der Waals surface area contributed by atoms with Gasteiger partial charge < -0.3 is 11.0 Å². The van der Waals surface area contributed by atoms with Gasteiger partial charge in [-0.25, -0.2) is 0 Å². The van der Waals surface area contributed by atoms with E-state index < -0.39 is 0 Å². The molecule has 0 rings (SSSR count). The quantitative estimate of drug-likeness (QED) is 0.411. The normalized spacial score (nSPS) is 1.00. The van der Waals surface area contributed by atoms with Gasteiger partial charge in [0.25, 0.3) is 0 Å². The third kappa shape index (κ3) is 49.1. The molecule has 0 heterocycles. The van der Waals surface area contributed by atoms with Gasteiger partial charge in [0.2, 0.25) is 0 Å². The Labute approximate surface area is 70.3 Å². The zero-order valence-electron chi connectivity index (χ0n) is 2.83. The molecule has 32 valence electrons. The standard InChI is InChI=1S/Al.Mg.Ni.3O/q+3;+2;;;2*-2.